The second-order valence-corrected chi connectivity index (χ2v) is 4.42. The van der Waals surface area contributed by atoms with Gasteiger partial charge >= 0.3 is 0 Å². The standard InChI is InChI=1S/C13H19N3O3/c1-10-11(5-4-6-12(10)16(18)19)9-15-8-3-2-7-13(14)17/h4-6,15H,2-3,7-9H2,1H3,(H2,14,17). The summed E-state index contributed by atoms with van der Waals surface area (Å²) < 4.78 is 0. The molecule has 0 aliphatic heterocycles. The highest BCUT2D eigenvalue weighted by Gasteiger charge is 2.12. The van der Waals surface area contributed by atoms with Gasteiger partial charge in [-0.05, 0) is 31.9 Å². The summed E-state index contributed by atoms with van der Waals surface area (Å²) in [7, 11) is 0. The van der Waals surface area contributed by atoms with Crippen LogP contribution in [0.4, 0.5) is 5.69 Å². The van der Waals surface area contributed by atoms with Gasteiger partial charge in [0.15, 0.2) is 0 Å². The van der Waals surface area contributed by atoms with E-state index in [4.69, 9.17) is 5.73 Å². The number of rotatable bonds is 8. The molecule has 0 unspecified atom stereocenters. The maximum absolute atomic E-state index is 10.8. The molecule has 3 N–H and O–H groups in total. The predicted molar refractivity (Wildman–Crippen MR) is 72.6 cm³/mol. The van der Waals surface area contributed by atoms with Crippen LogP contribution in [0.3, 0.4) is 0 Å². The van der Waals surface area contributed by atoms with E-state index in [0.717, 1.165) is 24.9 Å². The first-order valence-electron chi connectivity index (χ1n) is 6.24. The van der Waals surface area contributed by atoms with Crippen molar-refractivity contribution < 1.29 is 9.72 Å². The van der Waals surface area contributed by atoms with Gasteiger partial charge in [-0.1, -0.05) is 12.1 Å². The lowest BCUT2D eigenvalue weighted by Gasteiger charge is -2.07. The van der Waals surface area contributed by atoms with Crippen LogP contribution in [0.1, 0.15) is 30.4 Å². The summed E-state index contributed by atoms with van der Waals surface area (Å²) in [5.41, 5.74) is 6.80. The Morgan fingerprint density at radius 1 is 1.42 bits per heavy atom. The molecule has 1 amide bonds. The number of nitrogens with two attached hydrogens (primary N) is 1. The number of nitrogens with one attached hydrogen (secondary N) is 1. The number of nitro benzene ring substituents is 1. The molecule has 19 heavy (non-hydrogen) atoms. The Labute approximate surface area is 112 Å². The highest BCUT2D eigenvalue weighted by atomic mass is 16.6. The highest BCUT2D eigenvalue weighted by molar-refractivity contribution is 5.73. The lowest BCUT2D eigenvalue weighted by Crippen LogP contribution is -2.17. The quantitative estimate of drug-likeness (QED) is 0.424. The number of hydrogen-bond donors (Lipinski definition) is 2. The number of carbonyl (C=O) groups excluding carboxylic acids is 1. The second kappa shape index (κ2) is 7.48. The first-order chi connectivity index (χ1) is 9.02. The number of nitrogens with zero attached hydrogens (tertiary/aromatic N) is 1. The molecule has 0 saturated carbocycles. The summed E-state index contributed by atoms with van der Waals surface area (Å²) in [4.78, 5) is 21.0. The van der Waals surface area contributed by atoms with Crippen molar-refractivity contribution in [2.24, 2.45) is 5.73 Å². The Hall–Kier alpha value is -1.95. The topological polar surface area (TPSA) is 98.3 Å². The molecule has 0 atom stereocenters. The molecule has 1 rings (SSSR count). The van der Waals surface area contributed by atoms with Crippen molar-refractivity contribution in [2.75, 3.05) is 6.54 Å². The average molecular weight is 265 g/mol. The molecule has 0 aliphatic rings. The van der Waals surface area contributed by atoms with Gasteiger partial charge in [0.05, 0.1) is 4.92 Å². The van der Waals surface area contributed by atoms with Gasteiger partial charge in [0.1, 0.15) is 0 Å². The second-order valence-electron chi connectivity index (χ2n) is 4.42. The maximum atomic E-state index is 10.8. The number of amides is 1. The van der Waals surface area contributed by atoms with Gasteiger partial charge < -0.3 is 11.1 Å². The predicted octanol–water partition coefficient (Wildman–Crippen LogP) is 1.65. The molecule has 0 radical (unpaired) electrons. The minimum absolute atomic E-state index is 0.146. The molecular formula is C13H19N3O3. The van der Waals surface area contributed by atoms with E-state index in [9.17, 15) is 14.9 Å². The van der Waals surface area contributed by atoms with Crippen molar-refractivity contribution in [1.29, 1.82) is 0 Å². The number of benzene rings is 1. The molecule has 0 aromatic heterocycles. The third-order valence-corrected chi connectivity index (χ3v) is 2.96. The van der Waals surface area contributed by atoms with Crippen LogP contribution in [-0.2, 0) is 11.3 Å². The van der Waals surface area contributed by atoms with Crippen molar-refractivity contribution in [3.63, 3.8) is 0 Å². The molecule has 6 nitrogen and oxygen atoms in total. The molecule has 0 fully saturated rings. The van der Waals surface area contributed by atoms with Gasteiger partial charge in [-0.2, -0.15) is 0 Å². The van der Waals surface area contributed by atoms with Gasteiger partial charge in [-0.3, -0.25) is 14.9 Å². The molecule has 0 heterocycles. The van der Waals surface area contributed by atoms with Crippen LogP contribution >= 0.6 is 0 Å². The lowest BCUT2D eigenvalue weighted by atomic mass is 10.1. The Bertz CT molecular complexity index is 460. The van der Waals surface area contributed by atoms with Crippen LogP contribution < -0.4 is 11.1 Å². The van der Waals surface area contributed by atoms with E-state index in [2.05, 4.69) is 5.32 Å². The van der Waals surface area contributed by atoms with Crippen LogP contribution in [0, 0.1) is 17.0 Å². The summed E-state index contributed by atoms with van der Waals surface area (Å²) in [5, 5.41) is 14.0. The molecule has 1 aromatic carbocycles. The van der Waals surface area contributed by atoms with Gasteiger partial charge in [-0.25, -0.2) is 0 Å². The largest absolute Gasteiger partial charge is 0.370 e. The zero-order valence-electron chi connectivity index (χ0n) is 11.0. The van der Waals surface area contributed by atoms with E-state index < -0.39 is 0 Å². The first kappa shape index (κ1) is 15.1. The van der Waals surface area contributed by atoms with E-state index in [0.29, 0.717) is 18.5 Å². The lowest BCUT2D eigenvalue weighted by molar-refractivity contribution is -0.385. The van der Waals surface area contributed by atoms with Crippen molar-refractivity contribution in [2.45, 2.75) is 32.7 Å². The zero-order valence-corrected chi connectivity index (χ0v) is 11.0. The fourth-order valence-corrected chi connectivity index (χ4v) is 1.83. The third-order valence-electron chi connectivity index (χ3n) is 2.96. The fourth-order valence-electron chi connectivity index (χ4n) is 1.83. The summed E-state index contributed by atoms with van der Waals surface area (Å²) in [6.45, 7) is 3.10. The van der Waals surface area contributed by atoms with Crippen LogP contribution in [0.5, 0.6) is 0 Å². The molecule has 0 spiro atoms. The molecule has 104 valence electrons. The van der Waals surface area contributed by atoms with Crippen LogP contribution in [0.25, 0.3) is 0 Å². The van der Waals surface area contributed by atoms with Crippen LogP contribution in [0.15, 0.2) is 18.2 Å². The van der Waals surface area contributed by atoms with Crippen molar-refractivity contribution in [3.8, 4) is 0 Å². The maximum Gasteiger partial charge on any atom is 0.272 e. The Balaban J connectivity index is 2.39. The van der Waals surface area contributed by atoms with E-state index in [1.807, 2.05) is 6.07 Å². The summed E-state index contributed by atoms with van der Waals surface area (Å²) in [6, 6.07) is 5.07. The van der Waals surface area contributed by atoms with Gasteiger partial charge in [-0.15, -0.1) is 0 Å². The molecule has 1 aromatic rings. The highest BCUT2D eigenvalue weighted by Crippen LogP contribution is 2.20. The number of carbonyl (C=O) groups is 1. The number of nitro groups is 1. The number of unbranched alkanes of at least 4 members (excludes halogenated alkanes) is 1. The van der Waals surface area contributed by atoms with Crippen molar-refractivity contribution >= 4 is 11.6 Å². The number of primary amides is 1. The minimum Gasteiger partial charge on any atom is -0.370 e. The van der Waals surface area contributed by atoms with E-state index in [-0.39, 0.29) is 16.5 Å². The zero-order chi connectivity index (χ0) is 14.3. The summed E-state index contributed by atoms with van der Waals surface area (Å²) in [6.07, 6.45) is 2.02. The Morgan fingerprint density at radius 2 is 2.16 bits per heavy atom. The van der Waals surface area contributed by atoms with Crippen molar-refractivity contribution in [3.05, 3.63) is 39.4 Å². The fraction of sp³-hybridized carbons (Fsp3) is 0.462. The molecule has 0 saturated heterocycles. The summed E-state index contributed by atoms with van der Waals surface area (Å²) >= 11 is 0. The van der Waals surface area contributed by atoms with Gasteiger partial charge in [0.25, 0.3) is 5.69 Å². The number of hydrogen-bond acceptors (Lipinski definition) is 4. The Kier molecular flexibility index (Phi) is 5.95. The molecular weight excluding hydrogens is 246 g/mol. The molecule has 0 bridgehead atoms. The molecule has 0 aliphatic carbocycles. The van der Waals surface area contributed by atoms with Crippen LogP contribution in [0.2, 0.25) is 0 Å². The monoisotopic (exact) mass is 265 g/mol. The van der Waals surface area contributed by atoms with E-state index >= 15 is 0 Å². The SMILES string of the molecule is Cc1c(CNCCCCC(N)=O)cccc1[N+](=O)[O-]. The smallest absolute Gasteiger partial charge is 0.272 e. The van der Waals surface area contributed by atoms with E-state index in [1.54, 1.807) is 13.0 Å². The van der Waals surface area contributed by atoms with E-state index in [1.165, 1.54) is 6.07 Å². The third kappa shape index (κ3) is 5.05. The first-order valence-corrected chi connectivity index (χ1v) is 6.24. The van der Waals surface area contributed by atoms with Gasteiger partial charge in [0, 0.05) is 24.6 Å². The van der Waals surface area contributed by atoms with Crippen molar-refractivity contribution in [1.82, 2.24) is 5.32 Å². The normalized spacial score (nSPS) is 10.4. The minimum atomic E-state index is -0.369. The van der Waals surface area contributed by atoms with Crippen LogP contribution in [-0.4, -0.2) is 17.4 Å². The molecule has 6 heteroatoms. The summed E-state index contributed by atoms with van der Waals surface area (Å²) in [5.74, 6) is -0.283. The average Bonchev–Trinajstić information content (AvgIpc) is 2.34. The Morgan fingerprint density at radius 3 is 2.79 bits per heavy atom. The van der Waals surface area contributed by atoms with Gasteiger partial charge in [0.2, 0.25) is 5.91 Å².